The molecule has 1 amide bonds. The molecule has 0 fully saturated rings. The van der Waals surface area contributed by atoms with Gasteiger partial charge in [0.25, 0.3) is 5.56 Å². The number of aromatic nitrogens is 2. The Morgan fingerprint density at radius 2 is 1.86 bits per heavy atom. The van der Waals surface area contributed by atoms with E-state index in [9.17, 15) is 9.59 Å². The molecule has 0 unspecified atom stereocenters. The number of methoxy groups -OCH3 is 1. The average molecular weight is 547 g/mol. The van der Waals surface area contributed by atoms with E-state index in [1.807, 2.05) is 12.1 Å². The predicted octanol–water partition coefficient (Wildman–Crippen LogP) is 6.37. The van der Waals surface area contributed by atoms with Crippen LogP contribution in [-0.2, 0) is 17.6 Å². The van der Waals surface area contributed by atoms with Gasteiger partial charge in [-0.3, -0.25) is 14.2 Å². The van der Waals surface area contributed by atoms with Crippen LogP contribution in [0.1, 0.15) is 23.3 Å². The lowest BCUT2D eigenvalue weighted by Gasteiger charge is -2.14. The molecule has 2 aromatic heterocycles. The molecule has 1 N–H and O–H groups in total. The van der Waals surface area contributed by atoms with Gasteiger partial charge >= 0.3 is 0 Å². The molecule has 0 spiro atoms. The summed E-state index contributed by atoms with van der Waals surface area (Å²) in [6.45, 7) is 0. The van der Waals surface area contributed by atoms with Gasteiger partial charge in [-0.05, 0) is 73.7 Å². The second-order valence-electron chi connectivity index (χ2n) is 8.12. The first kappa shape index (κ1) is 24.2. The van der Waals surface area contributed by atoms with Crippen LogP contribution >= 0.6 is 46.3 Å². The zero-order chi connectivity index (χ0) is 24.5. The molecule has 0 atom stereocenters. The summed E-state index contributed by atoms with van der Waals surface area (Å²) in [6, 6.07) is 12.1. The van der Waals surface area contributed by atoms with E-state index in [1.165, 1.54) is 16.6 Å². The summed E-state index contributed by atoms with van der Waals surface area (Å²) in [5.41, 5.74) is 2.20. The van der Waals surface area contributed by atoms with Gasteiger partial charge < -0.3 is 10.1 Å². The highest BCUT2D eigenvalue weighted by molar-refractivity contribution is 7.99. The minimum atomic E-state index is -0.255. The molecule has 5 rings (SSSR count). The van der Waals surface area contributed by atoms with E-state index in [-0.39, 0.29) is 17.2 Å². The minimum Gasteiger partial charge on any atom is -0.497 e. The number of benzene rings is 2. The summed E-state index contributed by atoms with van der Waals surface area (Å²) >= 11 is 14.9. The third-order valence-electron chi connectivity index (χ3n) is 5.77. The molecule has 10 heteroatoms. The molecule has 2 heterocycles. The summed E-state index contributed by atoms with van der Waals surface area (Å²) in [4.78, 5) is 33.3. The smallest absolute Gasteiger partial charge is 0.267 e. The molecule has 4 aromatic rings. The molecule has 180 valence electrons. The van der Waals surface area contributed by atoms with E-state index >= 15 is 0 Å². The molecule has 1 aliphatic carbocycles. The number of nitrogens with one attached hydrogen (secondary N) is 1. The molecule has 1 aliphatic rings. The Balaban J connectivity index is 1.51. The monoisotopic (exact) mass is 545 g/mol. The Morgan fingerprint density at radius 3 is 2.57 bits per heavy atom. The number of carbonyl (C=O) groups is 1. The number of ether oxygens (including phenoxy) is 1. The fourth-order valence-corrected chi connectivity index (χ4v) is 6.84. The minimum absolute atomic E-state index is 0.0589. The highest BCUT2D eigenvalue weighted by atomic mass is 35.5. The normalized spacial score (nSPS) is 13.0. The van der Waals surface area contributed by atoms with Crippen molar-refractivity contribution in [3.8, 4) is 11.4 Å². The Hall–Kier alpha value is -2.52. The highest BCUT2D eigenvalue weighted by Gasteiger charge is 2.23. The first-order valence-electron chi connectivity index (χ1n) is 11.0. The van der Waals surface area contributed by atoms with Gasteiger partial charge in [-0.2, -0.15) is 0 Å². The number of amides is 1. The van der Waals surface area contributed by atoms with E-state index in [1.54, 1.807) is 53.3 Å². The van der Waals surface area contributed by atoms with Crippen LogP contribution in [0.5, 0.6) is 5.75 Å². The van der Waals surface area contributed by atoms with Gasteiger partial charge in [0.2, 0.25) is 5.91 Å². The van der Waals surface area contributed by atoms with E-state index in [4.69, 9.17) is 32.9 Å². The van der Waals surface area contributed by atoms with Crippen LogP contribution in [0.3, 0.4) is 0 Å². The molecular formula is C25H21Cl2N3O3S2. The van der Waals surface area contributed by atoms with E-state index in [0.717, 1.165) is 36.1 Å². The largest absolute Gasteiger partial charge is 0.497 e. The van der Waals surface area contributed by atoms with E-state index in [2.05, 4.69) is 5.32 Å². The van der Waals surface area contributed by atoms with Crippen LogP contribution < -0.4 is 15.6 Å². The van der Waals surface area contributed by atoms with Crippen LogP contribution in [0.15, 0.2) is 52.4 Å². The highest BCUT2D eigenvalue weighted by Crippen LogP contribution is 2.35. The summed E-state index contributed by atoms with van der Waals surface area (Å²) < 4.78 is 6.87. The standard InChI is InChI=1S/C25H21Cl2N3O3S2/c1-33-18-8-6-17(7-9-18)30-24(32)22-19-4-2-3-5-20(19)35-23(22)29-25(30)34-13-21(31)28-16-11-14(26)10-15(27)12-16/h6-12H,2-5,13H2,1H3,(H,28,31). The summed E-state index contributed by atoms with van der Waals surface area (Å²) in [6.07, 6.45) is 4.07. The number of hydrogen-bond acceptors (Lipinski definition) is 6. The van der Waals surface area contributed by atoms with Gasteiger partial charge in [0.05, 0.1) is 23.9 Å². The van der Waals surface area contributed by atoms with E-state index in [0.29, 0.717) is 37.7 Å². The second kappa shape index (κ2) is 10.2. The van der Waals surface area contributed by atoms with Gasteiger partial charge in [0.1, 0.15) is 10.6 Å². The number of nitrogens with zero attached hydrogens (tertiary/aromatic N) is 2. The van der Waals surface area contributed by atoms with Crippen molar-refractivity contribution in [2.45, 2.75) is 30.8 Å². The Bertz CT molecular complexity index is 1460. The predicted molar refractivity (Wildman–Crippen MR) is 144 cm³/mol. The maximum atomic E-state index is 13.8. The molecule has 6 nitrogen and oxygen atoms in total. The fourth-order valence-electron chi connectivity index (χ4n) is 4.20. The van der Waals surface area contributed by atoms with Crippen LogP contribution in [0.4, 0.5) is 5.69 Å². The molecule has 0 radical (unpaired) electrons. The number of thiophene rings is 1. The second-order valence-corrected chi connectivity index (χ2v) is 11.0. The quantitative estimate of drug-likeness (QED) is 0.225. The van der Waals surface area contributed by atoms with Crippen molar-refractivity contribution >= 4 is 68.1 Å². The number of thioether (sulfide) groups is 1. The topological polar surface area (TPSA) is 73.2 Å². The molecule has 0 aliphatic heterocycles. The van der Waals surface area contributed by atoms with Crippen LogP contribution in [-0.4, -0.2) is 28.3 Å². The molecule has 0 saturated carbocycles. The number of rotatable bonds is 6. The molecule has 2 aromatic carbocycles. The summed E-state index contributed by atoms with van der Waals surface area (Å²) in [5, 5.41) is 4.83. The maximum Gasteiger partial charge on any atom is 0.267 e. The van der Waals surface area contributed by atoms with Crippen molar-refractivity contribution in [2.24, 2.45) is 0 Å². The lowest BCUT2D eigenvalue weighted by molar-refractivity contribution is -0.113. The van der Waals surface area contributed by atoms with Crippen LogP contribution in [0.2, 0.25) is 10.0 Å². The first-order valence-corrected chi connectivity index (χ1v) is 13.6. The molecular weight excluding hydrogens is 525 g/mol. The van der Waals surface area contributed by atoms with Crippen LogP contribution in [0.25, 0.3) is 15.9 Å². The Kier molecular flexibility index (Phi) is 7.07. The number of fused-ring (bicyclic) bond motifs is 3. The molecule has 0 bridgehead atoms. The van der Waals surface area contributed by atoms with Gasteiger partial charge in [-0.25, -0.2) is 4.98 Å². The lowest BCUT2D eigenvalue weighted by Crippen LogP contribution is -2.23. The summed E-state index contributed by atoms with van der Waals surface area (Å²) in [5.74, 6) is 0.496. The lowest BCUT2D eigenvalue weighted by atomic mass is 9.97. The van der Waals surface area contributed by atoms with Crippen molar-refractivity contribution in [3.63, 3.8) is 0 Å². The van der Waals surface area contributed by atoms with Gasteiger partial charge in [-0.15, -0.1) is 11.3 Å². The third-order valence-corrected chi connectivity index (χ3v) is 8.33. The van der Waals surface area contributed by atoms with Gasteiger partial charge in [0.15, 0.2) is 5.16 Å². The number of carbonyl (C=O) groups excluding carboxylic acids is 1. The van der Waals surface area contributed by atoms with Crippen molar-refractivity contribution < 1.29 is 9.53 Å². The zero-order valence-corrected chi connectivity index (χ0v) is 21.9. The first-order chi connectivity index (χ1) is 16.9. The van der Waals surface area contributed by atoms with Gasteiger partial charge in [0, 0.05) is 20.6 Å². The van der Waals surface area contributed by atoms with Crippen LogP contribution in [0, 0.1) is 0 Å². The van der Waals surface area contributed by atoms with Crippen molar-refractivity contribution in [3.05, 3.63) is 73.3 Å². The fraction of sp³-hybridized carbons (Fsp3) is 0.240. The third kappa shape index (κ3) is 5.07. The SMILES string of the molecule is COc1ccc(-n2c(SCC(=O)Nc3cc(Cl)cc(Cl)c3)nc3sc4c(c3c2=O)CCCC4)cc1. The van der Waals surface area contributed by atoms with Gasteiger partial charge in [-0.1, -0.05) is 35.0 Å². The van der Waals surface area contributed by atoms with Crippen molar-refractivity contribution in [2.75, 3.05) is 18.2 Å². The molecule has 0 saturated heterocycles. The Morgan fingerprint density at radius 1 is 1.14 bits per heavy atom. The number of halogens is 2. The zero-order valence-electron chi connectivity index (χ0n) is 18.8. The molecule has 35 heavy (non-hydrogen) atoms. The summed E-state index contributed by atoms with van der Waals surface area (Å²) in [7, 11) is 1.60. The Labute approximate surface area is 220 Å². The van der Waals surface area contributed by atoms with Crippen molar-refractivity contribution in [1.82, 2.24) is 9.55 Å². The number of aryl methyl sites for hydroxylation is 2. The maximum absolute atomic E-state index is 13.8. The number of anilines is 1. The van der Waals surface area contributed by atoms with E-state index < -0.39 is 0 Å². The number of hydrogen-bond donors (Lipinski definition) is 1. The van der Waals surface area contributed by atoms with Crippen molar-refractivity contribution in [1.29, 1.82) is 0 Å². The average Bonchev–Trinajstić information content (AvgIpc) is 3.21.